The zero-order valence-corrected chi connectivity index (χ0v) is 14.8. The molecule has 0 aliphatic heterocycles. The van der Waals surface area contributed by atoms with Gasteiger partial charge in [0.2, 0.25) is 0 Å². The van der Waals surface area contributed by atoms with Crippen molar-refractivity contribution in [3.63, 3.8) is 0 Å². The number of hydrogen-bond donors (Lipinski definition) is 1. The van der Waals surface area contributed by atoms with Crippen LogP contribution in [0.5, 0.6) is 0 Å². The van der Waals surface area contributed by atoms with E-state index in [4.69, 9.17) is 4.74 Å². The van der Waals surface area contributed by atoms with Crippen LogP contribution in [0.4, 0.5) is 11.4 Å². The molecule has 7 heteroatoms. The molecule has 0 fully saturated rings. The SMILES string of the molecule is Cc1cccc([N+](=O)[O-])c1NC(=O)COC(=O)c1ccc(C(C)C)cc1. The van der Waals surface area contributed by atoms with Crippen molar-refractivity contribution in [1.82, 2.24) is 0 Å². The van der Waals surface area contributed by atoms with Gasteiger partial charge in [0.1, 0.15) is 5.69 Å². The highest BCUT2D eigenvalue weighted by Gasteiger charge is 2.18. The van der Waals surface area contributed by atoms with Gasteiger partial charge in [-0.15, -0.1) is 0 Å². The van der Waals surface area contributed by atoms with Crippen LogP contribution in [0, 0.1) is 17.0 Å². The number of esters is 1. The molecular weight excluding hydrogens is 336 g/mol. The highest BCUT2D eigenvalue weighted by Crippen LogP contribution is 2.27. The maximum atomic E-state index is 12.0. The van der Waals surface area contributed by atoms with Crippen LogP contribution in [0.1, 0.15) is 41.3 Å². The van der Waals surface area contributed by atoms with Gasteiger partial charge in [0, 0.05) is 6.07 Å². The number of nitrogens with one attached hydrogen (secondary N) is 1. The van der Waals surface area contributed by atoms with Gasteiger partial charge in [-0.05, 0) is 36.1 Å². The summed E-state index contributed by atoms with van der Waals surface area (Å²) < 4.78 is 4.98. The fourth-order valence-corrected chi connectivity index (χ4v) is 2.36. The van der Waals surface area contributed by atoms with Gasteiger partial charge in [0.05, 0.1) is 10.5 Å². The average Bonchev–Trinajstić information content (AvgIpc) is 2.61. The summed E-state index contributed by atoms with van der Waals surface area (Å²) in [5.74, 6) is -0.931. The normalized spacial score (nSPS) is 10.5. The van der Waals surface area contributed by atoms with Crippen molar-refractivity contribution < 1.29 is 19.2 Å². The van der Waals surface area contributed by atoms with Gasteiger partial charge in [0.25, 0.3) is 11.6 Å². The molecule has 0 atom stereocenters. The van der Waals surface area contributed by atoms with Crippen molar-refractivity contribution in [3.05, 3.63) is 69.3 Å². The maximum absolute atomic E-state index is 12.0. The lowest BCUT2D eigenvalue weighted by molar-refractivity contribution is -0.384. The zero-order chi connectivity index (χ0) is 19.3. The molecule has 0 aliphatic rings. The Balaban J connectivity index is 1.99. The van der Waals surface area contributed by atoms with Gasteiger partial charge in [0.15, 0.2) is 6.61 Å². The second-order valence-electron chi connectivity index (χ2n) is 6.13. The van der Waals surface area contributed by atoms with Gasteiger partial charge in [-0.2, -0.15) is 0 Å². The largest absolute Gasteiger partial charge is 0.452 e. The van der Waals surface area contributed by atoms with Gasteiger partial charge < -0.3 is 10.1 Å². The molecule has 0 saturated heterocycles. The quantitative estimate of drug-likeness (QED) is 0.482. The van der Waals surface area contributed by atoms with Crippen LogP contribution >= 0.6 is 0 Å². The first-order valence-corrected chi connectivity index (χ1v) is 8.10. The Kier molecular flexibility index (Phi) is 6.06. The number of ether oxygens (including phenoxy) is 1. The lowest BCUT2D eigenvalue weighted by Crippen LogP contribution is -2.22. The first kappa shape index (κ1) is 19.1. The molecule has 2 rings (SSSR count). The highest BCUT2D eigenvalue weighted by atomic mass is 16.6. The number of nitrogens with zero attached hydrogens (tertiary/aromatic N) is 1. The minimum Gasteiger partial charge on any atom is -0.452 e. The molecule has 0 saturated carbocycles. The smallest absolute Gasteiger partial charge is 0.338 e. The van der Waals surface area contributed by atoms with Crippen molar-refractivity contribution in [2.24, 2.45) is 0 Å². The minimum atomic E-state index is -0.644. The van der Waals surface area contributed by atoms with Gasteiger partial charge in [-0.25, -0.2) is 4.79 Å². The highest BCUT2D eigenvalue weighted by molar-refractivity contribution is 5.97. The number of para-hydroxylation sites is 1. The second kappa shape index (κ2) is 8.24. The predicted octanol–water partition coefficient (Wildman–Crippen LogP) is 3.82. The second-order valence-corrected chi connectivity index (χ2v) is 6.13. The topological polar surface area (TPSA) is 98.5 Å². The lowest BCUT2D eigenvalue weighted by atomic mass is 10.0. The third kappa shape index (κ3) is 4.66. The number of carbonyl (C=O) groups is 2. The average molecular weight is 356 g/mol. The van der Waals surface area contributed by atoms with Crippen molar-refractivity contribution in [1.29, 1.82) is 0 Å². The fourth-order valence-electron chi connectivity index (χ4n) is 2.36. The number of nitro groups is 1. The first-order valence-electron chi connectivity index (χ1n) is 8.10. The summed E-state index contributed by atoms with van der Waals surface area (Å²) in [5, 5.41) is 13.5. The van der Waals surface area contributed by atoms with Crippen LogP contribution in [-0.2, 0) is 9.53 Å². The number of hydrogen-bond acceptors (Lipinski definition) is 5. The summed E-state index contributed by atoms with van der Waals surface area (Å²) in [6.07, 6.45) is 0. The molecule has 0 spiro atoms. The fraction of sp³-hybridized carbons (Fsp3) is 0.263. The van der Waals surface area contributed by atoms with Crippen LogP contribution in [0.2, 0.25) is 0 Å². The van der Waals surface area contributed by atoms with Crippen molar-refractivity contribution >= 4 is 23.3 Å². The molecule has 136 valence electrons. The Labute approximate surface area is 151 Å². The standard InChI is InChI=1S/C19H20N2O5/c1-12(2)14-7-9-15(10-8-14)19(23)26-11-17(22)20-18-13(3)5-4-6-16(18)21(24)25/h4-10,12H,11H2,1-3H3,(H,20,22). The predicted molar refractivity (Wildman–Crippen MR) is 97.3 cm³/mol. The van der Waals surface area contributed by atoms with Crippen molar-refractivity contribution in [2.75, 3.05) is 11.9 Å². The minimum absolute atomic E-state index is 0.0971. The Morgan fingerprint density at radius 1 is 1.15 bits per heavy atom. The molecule has 0 bridgehead atoms. The van der Waals surface area contributed by atoms with Gasteiger partial charge >= 0.3 is 5.97 Å². The molecule has 0 aromatic heterocycles. The van der Waals surface area contributed by atoms with Crippen molar-refractivity contribution in [3.8, 4) is 0 Å². The van der Waals surface area contributed by atoms with E-state index in [0.29, 0.717) is 17.0 Å². The Morgan fingerprint density at radius 3 is 2.38 bits per heavy atom. The number of amides is 1. The molecule has 0 unspecified atom stereocenters. The molecule has 7 nitrogen and oxygen atoms in total. The molecule has 2 aromatic rings. The maximum Gasteiger partial charge on any atom is 0.338 e. The Hall–Kier alpha value is -3.22. The third-order valence-corrected chi connectivity index (χ3v) is 3.86. The molecule has 26 heavy (non-hydrogen) atoms. The summed E-state index contributed by atoms with van der Waals surface area (Å²) in [6.45, 7) is 5.20. The summed E-state index contributed by atoms with van der Waals surface area (Å²) in [5.41, 5.74) is 1.85. The summed E-state index contributed by atoms with van der Waals surface area (Å²) in [4.78, 5) is 34.5. The van der Waals surface area contributed by atoms with E-state index in [0.717, 1.165) is 5.56 Å². The zero-order valence-electron chi connectivity index (χ0n) is 14.8. The molecule has 0 radical (unpaired) electrons. The van der Waals surface area contributed by atoms with E-state index in [1.807, 2.05) is 26.0 Å². The molecular formula is C19H20N2O5. The van der Waals surface area contributed by atoms with Gasteiger partial charge in [-0.1, -0.05) is 38.1 Å². The molecule has 2 aromatic carbocycles. The third-order valence-electron chi connectivity index (χ3n) is 3.86. The number of carbonyl (C=O) groups excluding carboxylic acids is 2. The molecule has 0 heterocycles. The molecule has 1 N–H and O–H groups in total. The van der Waals surface area contributed by atoms with E-state index >= 15 is 0 Å². The van der Waals surface area contributed by atoms with E-state index in [2.05, 4.69) is 5.32 Å². The van der Waals surface area contributed by atoms with E-state index in [1.165, 1.54) is 12.1 Å². The van der Waals surface area contributed by atoms with E-state index in [1.54, 1.807) is 25.1 Å². The number of aryl methyl sites for hydroxylation is 1. The number of anilines is 1. The first-order chi connectivity index (χ1) is 12.3. The van der Waals surface area contributed by atoms with E-state index in [-0.39, 0.29) is 11.4 Å². The Morgan fingerprint density at radius 2 is 1.81 bits per heavy atom. The van der Waals surface area contributed by atoms with Crippen LogP contribution in [0.25, 0.3) is 0 Å². The summed E-state index contributed by atoms with van der Waals surface area (Å²) >= 11 is 0. The number of rotatable bonds is 6. The van der Waals surface area contributed by atoms with Crippen LogP contribution in [-0.4, -0.2) is 23.4 Å². The van der Waals surface area contributed by atoms with Crippen LogP contribution in [0.15, 0.2) is 42.5 Å². The Bertz CT molecular complexity index is 828. The van der Waals surface area contributed by atoms with E-state index < -0.39 is 23.4 Å². The van der Waals surface area contributed by atoms with Crippen molar-refractivity contribution in [2.45, 2.75) is 26.7 Å². The monoisotopic (exact) mass is 356 g/mol. The summed E-state index contributed by atoms with van der Waals surface area (Å²) in [7, 11) is 0. The number of benzene rings is 2. The number of nitro benzene ring substituents is 1. The summed E-state index contributed by atoms with van der Waals surface area (Å²) in [6, 6.07) is 11.4. The lowest BCUT2D eigenvalue weighted by Gasteiger charge is -2.10. The molecule has 0 aliphatic carbocycles. The van der Waals surface area contributed by atoms with Crippen LogP contribution < -0.4 is 5.32 Å². The van der Waals surface area contributed by atoms with E-state index in [9.17, 15) is 19.7 Å². The molecule has 1 amide bonds. The van der Waals surface area contributed by atoms with Crippen LogP contribution in [0.3, 0.4) is 0 Å². The van der Waals surface area contributed by atoms with Gasteiger partial charge in [-0.3, -0.25) is 14.9 Å².